The third kappa shape index (κ3) is 4.23. The van der Waals surface area contributed by atoms with E-state index in [9.17, 15) is 13.6 Å². The molecule has 6 heteroatoms. The standard InChI is InChI=1S/C19H15F2NO3/c20-19(21)25-15-10-8-14(9-11-15)18(23)22-17(16-7-4-12-24-16)13-5-2-1-3-6-13/h1-12,17,19H,(H,22,23)/t17-/m1/s1. The van der Waals surface area contributed by atoms with Gasteiger partial charge in [-0.05, 0) is 42.0 Å². The van der Waals surface area contributed by atoms with Crippen LogP contribution < -0.4 is 10.1 Å². The van der Waals surface area contributed by atoms with E-state index in [1.165, 1.54) is 30.5 Å². The van der Waals surface area contributed by atoms with Crippen LogP contribution in [0.1, 0.15) is 27.7 Å². The number of carbonyl (C=O) groups is 1. The largest absolute Gasteiger partial charge is 0.467 e. The van der Waals surface area contributed by atoms with Gasteiger partial charge in [-0.1, -0.05) is 30.3 Å². The minimum Gasteiger partial charge on any atom is -0.467 e. The maximum Gasteiger partial charge on any atom is 0.387 e. The van der Waals surface area contributed by atoms with Crippen molar-refractivity contribution >= 4 is 5.91 Å². The maximum atomic E-state index is 12.5. The van der Waals surface area contributed by atoms with Crippen molar-refractivity contribution in [2.45, 2.75) is 12.7 Å². The molecule has 1 N–H and O–H groups in total. The summed E-state index contributed by atoms with van der Waals surface area (Å²) in [6, 6.07) is 18.0. The molecule has 128 valence electrons. The zero-order chi connectivity index (χ0) is 17.6. The number of alkyl halides is 2. The summed E-state index contributed by atoms with van der Waals surface area (Å²) in [5.41, 5.74) is 1.19. The lowest BCUT2D eigenvalue weighted by Gasteiger charge is -2.17. The molecule has 0 saturated carbocycles. The molecule has 0 radical (unpaired) electrons. The highest BCUT2D eigenvalue weighted by Crippen LogP contribution is 2.23. The number of hydrogen-bond acceptors (Lipinski definition) is 3. The van der Waals surface area contributed by atoms with Crippen LogP contribution in [-0.4, -0.2) is 12.5 Å². The molecule has 3 aromatic rings. The number of nitrogens with one attached hydrogen (secondary N) is 1. The summed E-state index contributed by atoms with van der Waals surface area (Å²) in [6.07, 6.45) is 1.54. The Morgan fingerprint density at radius 1 is 0.960 bits per heavy atom. The molecule has 0 aliphatic heterocycles. The molecule has 0 unspecified atom stereocenters. The fourth-order valence-electron chi connectivity index (χ4n) is 2.42. The second kappa shape index (κ2) is 7.61. The Bertz CT molecular complexity index is 802. The van der Waals surface area contributed by atoms with Crippen LogP contribution in [0.2, 0.25) is 0 Å². The lowest BCUT2D eigenvalue weighted by atomic mass is 10.0. The third-order valence-electron chi connectivity index (χ3n) is 3.58. The first kappa shape index (κ1) is 16.7. The first-order valence-corrected chi connectivity index (χ1v) is 7.57. The van der Waals surface area contributed by atoms with E-state index in [1.54, 1.807) is 12.1 Å². The molecule has 1 aromatic heterocycles. The number of amides is 1. The number of hydrogen-bond donors (Lipinski definition) is 1. The molecule has 0 saturated heterocycles. The van der Waals surface area contributed by atoms with E-state index in [-0.39, 0.29) is 11.7 Å². The Morgan fingerprint density at radius 2 is 1.68 bits per heavy atom. The molecule has 25 heavy (non-hydrogen) atoms. The Labute approximate surface area is 143 Å². The molecular weight excluding hydrogens is 328 g/mol. The number of ether oxygens (including phenoxy) is 1. The van der Waals surface area contributed by atoms with Crippen LogP contribution in [0.3, 0.4) is 0 Å². The van der Waals surface area contributed by atoms with Gasteiger partial charge in [-0.2, -0.15) is 8.78 Å². The fraction of sp³-hybridized carbons (Fsp3) is 0.105. The summed E-state index contributed by atoms with van der Waals surface area (Å²) in [7, 11) is 0. The Morgan fingerprint density at radius 3 is 2.28 bits per heavy atom. The van der Waals surface area contributed by atoms with Crippen LogP contribution in [-0.2, 0) is 0 Å². The monoisotopic (exact) mass is 343 g/mol. The molecule has 3 rings (SSSR count). The van der Waals surface area contributed by atoms with E-state index in [0.29, 0.717) is 11.3 Å². The van der Waals surface area contributed by atoms with Gasteiger partial charge < -0.3 is 14.5 Å². The van der Waals surface area contributed by atoms with E-state index >= 15 is 0 Å². The van der Waals surface area contributed by atoms with Gasteiger partial charge in [-0.3, -0.25) is 4.79 Å². The van der Waals surface area contributed by atoms with Gasteiger partial charge in [0.15, 0.2) is 0 Å². The smallest absolute Gasteiger partial charge is 0.387 e. The maximum absolute atomic E-state index is 12.5. The van der Waals surface area contributed by atoms with Gasteiger partial charge in [0, 0.05) is 5.56 Å². The zero-order valence-corrected chi connectivity index (χ0v) is 13.1. The number of rotatable bonds is 6. The second-order valence-corrected chi connectivity index (χ2v) is 5.24. The van der Waals surface area contributed by atoms with Crippen LogP contribution in [0.5, 0.6) is 5.75 Å². The highest BCUT2D eigenvalue weighted by Gasteiger charge is 2.20. The van der Waals surface area contributed by atoms with Gasteiger partial charge in [0.1, 0.15) is 17.6 Å². The molecular formula is C19H15F2NO3. The van der Waals surface area contributed by atoms with E-state index in [0.717, 1.165) is 5.56 Å². The summed E-state index contributed by atoms with van der Waals surface area (Å²) in [4.78, 5) is 12.5. The Hall–Kier alpha value is -3.15. The lowest BCUT2D eigenvalue weighted by Crippen LogP contribution is -2.29. The van der Waals surface area contributed by atoms with E-state index in [4.69, 9.17) is 4.42 Å². The van der Waals surface area contributed by atoms with E-state index < -0.39 is 12.7 Å². The Kier molecular flexibility index (Phi) is 5.09. The summed E-state index contributed by atoms with van der Waals surface area (Å²) >= 11 is 0. The normalized spacial score (nSPS) is 12.0. The van der Waals surface area contributed by atoms with Crippen molar-refractivity contribution in [3.63, 3.8) is 0 Å². The molecule has 1 heterocycles. The molecule has 0 fully saturated rings. The zero-order valence-electron chi connectivity index (χ0n) is 13.1. The van der Waals surface area contributed by atoms with Crippen LogP contribution >= 0.6 is 0 Å². The van der Waals surface area contributed by atoms with Crippen molar-refractivity contribution in [3.05, 3.63) is 89.9 Å². The Balaban J connectivity index is 1.79. The summed E-state index contributed by atoms with van der Waals surface area (Å²) in [5.74, 6) is 0.239. The lowest BCUT2D eigenvalue weighted by molar-refractivity contribution is -0.0498. The molecule has 4 nitrogen and oxygen atoms in total. The molecule has 2 aromatic carbocycles. The van der Waals surface area contributed by atoms with Crippen molar-refractivity contribution in [2.75, 3.05) is 0 Å². The summed E-state index contributed by atoms with van der Waals surface area (Å²) in [5, 5.41) is 2.89. The quantitative estimate of drug-likeness (QED) is 0.722. The van der Waals surface area contributed by atoms with Gasteiger partial charge >= 0.3 is 6.61 Å². The van der Waals surface area contributed by atoms with Crippen molar-refractivity contribution in [3.8, 4) is 5.75 Å². The average Bonchev–Trinajstić information content (AvgIpc) is 3.14. The van der Waals surface area contributed by atoms with Gasteiger partial charge in [-0.25, -0.2) is 0 Å². The third-order valence-corrected chi connectivity index (χ3v) is 3.58. The molecule has 0 bridgehead atoms. The van der Waals surface area contributed by atoms with Gasteiger partial charge in [0.05, 0.1) is 6.26 Å². The highest BCUT2D eigenvalue weighted by molar-refractivity contribution is 5.94. The first-order valence-electron chi connectivity index (χ1n) is 7.57. The van der Waals surface area contributed by atoms with Crippen molar-refractivity contribution in [2.24, 2.45) is 0 Å². The second-order valence-electron chi connectivity index (χ2n) is 5.24. The number of halogens is 2. The molecule has 0 aliphatic rings. The topological polar surface area (TPSA) is 51.5 Å². The number of benzene rings is 2. The van der Waals surface area contributed by atoms with Crippen molar-refractivity contribution < 1.29 is 22.7 Å². The summed E-state index contributed by atoms with van der Waals surface area (Å²) < 4.78 is 34.1. The predicted octanol–water partition coefficient (Wildman–Crippen LogP) is 4.40. The van der Waals surface area contributed by atoms with Gasteiger partial charge in [-0.15, -0.1) is 0 Å². The SMILES string of the molecule is O=C(N[C@H](c1ccccc1)c1ccco1)c1ccc(OC(F)F)cc1. The van der Waals surface area contributed by atoms with Gasteiger partial charge in [0.2, 0.25) is 0 Å². The van der Waals surface area contributed by atoms with Crippen molar-refractivity contribution in [1.29, 1.82) is 0 Å². The van der Waals surface area contributed by atoms with Crippen LogP contribution in [0.25, 0.3) is 0 Å². The minimum atomic E-state index is -2.90. The van der Waals surface area contributed by atoms with Crippen LogP contribution in [0.4, 0.5) is 8.78 Å². The van der Waals surface area contributed by atoms with Crippen LogP contribution in [0, 0.1) is 0 Å². The van der Waals surface area contributed by atoms with Crippen molar-refractivity contribution in [1.82, 2.24) is 5.32 Å². The molecule has 0 spiro atoms. The molecule has 0 aliphatic carbocycles. The number of carbonyl (C=O) groups excluding carboxylic acids is 1. The van der Waals surface area contributed by atoms with Crippen LogP contribution in [0.15, 0.2) is 77.4 Å². The van der Waals surface area contributed by atoms with Gasteiger partial charge in [0.25, 0.3) is 5.91 Å². The summed E-state index contributed by atoms with van der Waals surface area (Å²) in [6.45, 7) is -2.90. The molecule has 1 atom stereocenters. The van der Waals surface area contributed by atoms with E-state index in [1.807, 2.05) is 30.3 Å². The minimum absolute atomic E-state index is 0.00260. The molecule has 1 amide bonds. The first-order chi connectivity index (χ1) is 12.1. The highest BCUT2D eigenvalue weighted by atomic mass is 19.3. The average molecular weight is 343 g/mol. The fourth-order valence-corrected chi connectivity index (χ4v) is 2.42. The number of furan rings is 1. The predicted molar refractivity (Wildman–Crippen MR) is 87.5 cm³/mol. The van der Waals surface area contributed by atoms with E-state index in [2.05, 4.69) is 10.1 Å².